The van der Waals surface area contributed by atoms with Crippen molar-refractivity contribution >= 4 is 11.9 Å². The molecule has 0 saturated heterocycles. The number of nitrogens with zero attached hydrogens (tertiary/aromatic N) is 1. The van der Waals surface area contributed by atoms with Gasteiger partial charge in [0, 0.05) is 31.3 Å². The molecule has 0 N–H and O–H groups in total. The van der Waals surface area contributed by atoms with Crippen molar-refractivity contribution in [3.63, 3.8) is 0 Å². The summed E-state index contributed by atoms with van der Waals surface area (Å²) in [6.07, 6.45) is 7.46. The van der Waals surface area contributed by atoms with Crippen LogP contribution in [-0.4, -0.2) is 25.7 Å². The van der Waals surface area contributed by atoms with E-state index in [1.54, 1.807) is 0 Å². The molecule has 22 heavy (non-hydrogen) atoms. The first kappa shape index (κ1) is 15.2. The smallest absolute Gasteiger partial charge is 0.180 e. The van der Waals surface area contributed by atoms with E-state index in [4.69, 9.17) is 9.47 Å². The minimum Gasteiger partial charge on any atom is -0.349 e. The predicted octanol–water partition coefficient (Wildman–Crippen LogP) is 4.29. The quantitative estimate of drug-likeness (QED) is 0.427. The topological polar surface area (TPSA) is 30.8 Å². The summed E-state index contributed by atoms with van der Waals surface area (Å²) in [5.74, 6) is 0.890. The molecule has 0 aromatic heterocycles. The number of allylic oxidation sites excluding steroid dienone is 3. The molecule has 2 aliphatic carbocycles. The lowest BCUT2D eigenvalue weighted by molar-refractivity contribution is -0.114. The Labute approximate surface area is 132 Å². The summed E-state index contributed by atoms with van der Waals surface area (Å²) in [5, 5.41) is 0. The van der Waals surface area contributed by atoms with Gasteiger partial charge >= 0.3 is 0 Å². The summed E-state index contributed by atoms with van der Waals surface area (Å²) in [6, 6.07) is 10.0. The van der Waals surface area contributed by atoms with E-state index >= 15 is 0 Å². The molecule has 2 bridgehead atoms. The third-order valence-electron chi connectivity index (χ3n) is 4.21. The molecule has 0 radical (unpaired) electrons. The summed E-state index contributed by atoms with van der Waals surface area (Å²) in [6.45, 7) is 5.32. The first-order valence-electron chi connectivity index (χ1n) is 8.08. The minimum atomic E-state index is -0.243. The molecule has 0 fully saturated rings. The number of aliphatic imine (C=N–C) groups is 1. The number of ether oxygens (including phenoxy) is 2. The molecule has 3 rings (SSSR count). The van der Waals surface area contributed by atoms with E-state index in [0.717, 1.165) is 12.1 Å². The van der Waals surface area contributed by atoms with Crippen LogP contribution in [0, 0.1) is 11.8 Å². The van der Waals surface area contributed by atoms with E-state index in [2.05, 4.69) is 17.1 Å². The molecule has 2 aliphatic rings. The number of fused-ring (bicyclic) bond motifs is 2. The van der Waals surface area contributed by atoms with Crippen molar-refractivity contribution in [3.8, 4) is 0 Å². The number of rotatable bonds is 7. The van der Waals surface area contributed by atoms with E-state index in [1.165, 1.54) is 11.1 Å². The van der Waals surface area contributed by atoms with Crippen LogP contribution in [0.4, 0.5) is 5.69 Å². The van der Waals surface area contributed by atoms with Crippen LogP contribution in [0.5, 0.6) is 0 Å². The molecule has 0 saturated carbocycles. The van der Waals surface area contributed by atoms with Crippen LogP contribution in [-0.2, 0) is 9.47 Å². The lowest BCUT2D eigenvalue weighted by atomic mass is 9.97. The maximum absolute atomic E-state index is 5.83. The van der Waals surface area contributed by atoms with Crippen LogP contribution in [0.1, 0.15) is 20.3 Å². The Morgan fingerprint density at radius 3 is 2.45 bits per heavy atom. The molecule has 0 heterocycles. The number of benzene rings is 1. The van der Waals surface area contributed by atoms with Gasteiger partial charge in [0.1, 0.15) is 0 Å². The lowest BCUT2D eigenvalue weighted by Gasteiger charge is -2.23. The Morgan fingerprint density at radius 1 is 1.09 bits per heavy atom. The first-order chi connectivity index (χ1) is 10.8. The fourth-order valence-corrected chi connectivity index (χ4v) is 3.26. The van der Waals surface area contributed by atoms with Gasteiger partial charge in [-0.15, -0.1) is 0 Å². The van der Waals surface area contributed by atoms with Gasteiger partial charge in [-0.1, -0.05) is 30.4 Å². The maximum Gasteiger partial charge on any atom is 0.180 e. The zero-order valence-corrected chi connectivity index (χ0v) is 13.2. The summed E-state index contributed by atoms with van der Waals surface area (Å²) < 4.78 is 11.7. The molecular weight excluding hydrogens is 274 g/mol. The third kappa shape index (κ3) is 3.06. The van der Waals surface area contributed by atoms with Gasteiger partial charge in [0.05, 0.1) is 5.69 Å². The molecule has 0 aliphatic heterocycles. The van der Waals surface area contributed by atoms with Crippen molar-refractivity contribution in [2.45, 2.75) is 26.6 Å². The Balaban J connectivity index is 1.88. The summed E-state index contributed by atoms with van der Waals surface area (Å²) in [5.41, 5.74) is 3.50. The minimum absolute atomic E-state index is 0.243. The van der Waals surface area contributed by atoms with Gasteiger partial charge in [-0.05, 0) is 43.5 Å². The van der Waals surface area contributed by atoms with Crippen LogP contribution >= 0.6 is 0 Å². The van der Waals surface area contributed by atoms with Gasteiger partial charge in [0.25, 0.3) is 0 Å². The van der Waals surface area contributed by atoms with Crippen LogP contribution in [0.3, 0.4) is 0 Å². The molecule has 1 aromatic carbocycles. The molecule has 0 spiro atoms. The highest BCUT2D eigenvalue weighted by molar-refractivity contribution is 5.85. The normalized spacial score (nSPS) is 23.4. The average molecular weight is 297 g/mol. The van der Waals surface area contributed by atoms with Crippen molar-refractivity contribution < 1.29 is 9.47 Å². The average Bonchev–Trinajstić information content (AvgIpc) is 3.15. The van der Waals surface area contributed by atoms with E-state index < -0.39 is 0 Å². The highest BCUT2D eigenvalue weighted by Gasteiger charge is 2.38. The van der Waals surface area contributed by atoms with Gasteiger partial charge in [0.15, 0.2) is 6.29 Å². The van der Waals surface area contributed by atoms with Crippen LogP contribution in [0.2, 0.25) is 0 Å². The second-order valence-electron chi connectivity index (χ2n) is 5.58. The molecule has 2 unspecified atom stereocenters. The van der Waals surface area contributed by atoms with Crippen molar-refractivity contribution in [1.29, 1.82) is 0 Å². The van der Waals surface area contributed by atoms with Crippen LogP contribution in [0.15, 0.2) is 58.6 Å². The third-order valence-corrected chi connectivity index (χ3v) is 4.21. The van der Waals surface area contributed by atoms with Gasteiger partial charge in [0.2, 0.25) is 0 Å². The monoisotopic (exact) mass is 297 g/mol. The standard InChI is InChI=1S/C19H23NO2/c1-3-21-19(22-4-2)18-15-11-10-14(12-15)17(18)13-20-16-8-6-5-7-9-16/h5-11,13-15,19H,3-4,12H2,1-2H3. The Bertz CT molecular complexity index is 583. The van der Waals surface area contributed by atoms with Crippen molar-refractivity contribution in [3.05, 3.63) is 53.6 Å². The Kier molecular flexibility index (Phi) is 4.86. The van der Waals surface area contributed by atoms with Crippen LogP contribution in [0.25, 0.3) is 0 Å². The largest absolute Gasteiger partial charge is 0.349 e. The molecule has 1 aromatic rings. The molecule has 0 amide bonds. The molecule has 116 valence electrons. The Hall–Kier alpha value is -1.71. The van der Waals surface area contributed by atoms with Gasteiger partial charge in [-0.25, -0.2) is 0 Å². The second kappa shape index (κ2) is 7.03. The van der Waals surface area contributed by atoms with E-state index in [-0.39, 0.29) is 6.29 Å². The lowest BCUT2D eigenvalue weighted by Crippen LogP contribution is -2.24. The van der Waals surface area contributed by atoms with Crippen molar-refractivity contribution in [2.24, 2.45) is 16.8 Å². The van der Waals surface area contributed by atoms with Gasteiger partial charge < -0.3 is 9.47 Å². The fourth-order valence-electron chi connectivity index (χ4n) is 3.26. The first-order valence-corrected chi connectivity index (χ1v) is 8.08. The van der Waals surface area contributed by atoms with E-state index in [0.29, 0.717) is 25.0 Å². The number of hydrogen-bond acceptors (Lipinski definition) is 3. The molecule has 3 heteroatoms. The molecule has 2 atom stereocenters. The van der Waals surface area contributed by atoms with Crippen molar-refractivity contribution in [1.82, 2.24) is 0 Å². The zero-order valence-electron chi connectivity index (χ0n) is 13.2. The second-order valence-corrected chi connectivity index (χ2v) is 5.58. The SMILES string of the molecule is CCOC(OCC)C1=C(C=Nc2ccccc2)C2C=CC1C2. The zero-order chi connectivity index (χ0) is 15.4. The fraction of sp³-hybridized carbons (Fsp3) is 0.421. The maximum atomic E-state index is 5.83. The van der Waals surface area contributed by atoms with Gasteiger partial charge in [-0.3, -0.25) is 4.99 Å². The summed E-state index contributed by atoms with van der Waals surface area (Å²) >= 11 is 0. The molecular formula is C19H23NO2. The summed E-state index contributed by atoms with van der Waals surface area (Å²) in [7, 11) is 0. The predicted molar refractivity (Wildman–Crippen MR) is 89.4 cm³/mol. The number of para-hydroxylation sites is 1. The number of hydrogen-bond donors (Lipinski definition) is 0. The summed E-state index contributed by atoms with van der Waals surface area (Å²) in [4.78, 5) is 4.63. The molecule has 3 nitrogen and oxygen atoms in total. The van der Waals surface area contributed by atoms with Crippen LogP contribution < -0.4 is 0 Å². The Morgan fingerprint density at radius 2 is 1.77 bits per heavy atom. The van der Waals surface area contributed by atoms with Gasteiger partial charge in [-0.2, -0.15) is 0 Å². The van der Waals surface area contributed by atoms with E-state index in [1.807, 2.05) is 50.4 Å². The van der Waals surface area contributed by atoms with Crippen molar-refractivity contribution in [2.75, 3.05) is 13.2 Å². The van der Waals surface area contributed by atoms with E-state index in [9.17, 15) is 0 Å². The highest BCUT2D eigenvalue weighted by Crippen LogP contribution is 2.45. The highest BCUT2D eigenvalue weighted by atomic mass is 16.7.